The molecule has 1 fully saturated rings. The monoisotopic (exact) mass is 155 g/mol. The molecular weight excluding hydrogens is 142 g/mol. The summed E-state index contributed by atoms with van der Waals surface area (Å²) >= 11 is 0. The fourth-order valence-corrected chi connectivity index (χ4v) is 1.29. The van der Waals surface area contributed by atoms with Crippen LogP contribution in [0.2, 0.25) is 0 Å². The number of hydrogen-bond donors (Lipinski definition) is 0. The molecule has 3 nitrogen and oxygen atoms in total. The number of hydrogen-bond acceptors (Lipinski definition) is 2. The van der Waals surface area contributed by atoms with Crippen LogP contribution >= 0.6 is 0 Å². The molecule has 0 saturated carbocycles. The number of ketones is 1. The quantitative estimate of drug-likeness (QED) is 0.551. The normalized spacial score (nSPS) is 25.5. The second-order valence-electron chi connectivity index (χ2n) is 3.12. The first-order chi connectivity index (χ1) is 5.11. The molecular formula is C8H13NO2. The Kier molecular flexibility index (Phi) is 2.27. The van der Waals surface area contributed by atoms with Gasteiger partial charge < -0.3 is 4.90 Å². The number of amides is 1. The van der Waals surface area contributed by atoms with Gasteiger partial charge in [0.1, 0.15) is 5.78 Å². The molecule has 3 heteroatoms. The summed E-state index contributed by atoms with van der Waals surface area (Å²) in [5.41, 5.74) is 0. The molecule has 1 amide bonds. The van der Waals surface area contributed by atoms with Gasteiger partial charge in [0.2, 0.25) is 5.91 Å². The Morgan fingerprint density at radius 3 is 2.73 bits per heavy atom. The van der Waals surface area contributed by atoms with Gasteiger partial charge in [0.05, 0.1) is 0 Å². The van der Waals surface area contributed by atoms with Crippen molar-refractivity contribution in [3.05, 3.63) is 0 Å². The molecule has 1 atom stereocenters. The van der Waals surface area contributed by atoms with Gasteiger partial charge in [-0.3, -0.25) is 9.59 Å². The summed E-state index contributed by atoms with van der Waals surface area (Å²) in [7, 11) is 1.78. The molecule has 1 aliphatic heterocycles. The second kappa shape index (κ2) is 3.03. The summed E-state index contributed by atoms with van der Waals surface area (Å²) in [6.45, 7) is 2.28. The van der Waals surface area contributed by atoms with Gasteiger partial charge in [-0.1, -0.05) is 0 Å². The minimum atomic E-state index is -0.0151. The van der Waals surface area contributed by atoms with Crippen LogP contribution in [0.25, 0.3) is 0 Å². The van der Waals surface area contributed by atoms with Crippen LogP contribution in [0.3, 0.4) is 0 Å². The lowest BCUT2D eigenvalue weighted by molar-refractivity contribution is -0.137. The van der Waals surface area contributed by atoms with E-state index in [2.05, 4.69) is 0 Å². The van der Waals surface area contributed by atoms with Crippen molar-refractivity contribution < 1.29 is 9.59 Å². The van der Waals surface area contributed by atoms with Crippen molar-refractivity contribution in [1.29, 1.82) is 0 Å². The van der Waals surface area contributed by atoms with Gasteiger partial charge in [-0.15, -0.1) is 0 Å². The highest BCUT2D eigenvalue weighted by Gasteiger charge is 2.25. The molecule has 62 valence electrons. The fraction of sp³-hybridized carbons (Fsp3) is 0.750. The number of likely N-dealkylation sites (tertiary alicyclic amines) is 1. The van der Waals surface area contributed by atoms with E-state index in [1.807, 2.05) is 0 Å². The molecule has 1 saturated heterocycles. The van der Waals surface area contributed by atoms with Crippen LogP contribution in [0.4, 0.5) is 0 Å². The number of Topliss-reactive ketones (excluding diaryl/α,β-unsaturated/α-hetero) is 1. The molecule has 0 aromatic heterocycles. The Hall–Kier alpha value is -0.860. The zero-order chi connectivity index (χ0) is 8.43. The van der Waals surface area contributed by atoms with Crippen LogP contribution in [-0.2, 0) is 9.59 Å². The van der Waals surface area contributed by atoms with E-state index in [0.29, 0.717) is 6.42 Å². The third-order valence-corrected chi connectivity index (χ3v) is 2.23. The lowest BCUT2D eigenvalue weighted by atomic mass is 9.93. The van der Waals surface area contributed by atoms with Gasteiger partial charge in [-0.05, 0) is 13.3 Å². The largest absolute Gasteiger partial charge is 0.346 e. The number of carbonyl (C=O) groups is 2. The minimum Gasteiger partial charge on any atom is -0.346 e. The third-order valence-electron chi connectivity index (χ3n) is 2.23. The van der Waals surface area contributed by atoms with Gasteiger partial charge in [-0.25, -0.2) is 0 Å². The Balaban J connectivity index is 2.53. The van der Waals surface area contributed by atoms with Gasteiger partial charge in [-0.2, -0.15) is 0 Å². The maximum Gasteiger partial charge on any atom is 0.223 e. The van der Waals surface area contributed by atoms with E-state index in [1.54, 1.807) is 18.9 Å². The van der Waals surface area contributed by atoms with Crippen molar-refractivity contribution in [3.63, 3.8) is 0 Å². The standard InChI is InChI=1S/C8H13NO2/c1-6(10)7-3-4-9(2)8(11)5-7/h7H,3-5H2,1-2H3. The summed E-state index contributed by atoms with van der Waals surface area (Å²) in [5, 5.41) is 0. The minimum absolute atomic E-state index is 0.0151. The number of piperidine rings is 1. The van der Waals surface area contributed by atoms with E-state index in [9.17, 15) is 9.59 Å². The van der Waals surface area contributed by atoms with Crippen molar-refractivity contribution in [3.8, 4) is 0 Å². The van der Waals surface area contributed by atoms with E-state index >= 15 is 0 Å². The zero-order valence-corrected chi connectivity index (χ0v) is 6.96. The van der Waals surface area contributed by atoms with Crippen molar-refractivity contribution in [1.82, 2.24) is 4.90 Å². The SMILES string of the molecule is CC(=O)C1CCN(C)C(=O)C1. The van der Waals surface area contributed by atoms with Crippen LogP contribution in [0.15, 0.2) is 0 Å². The van der Waals surface area contributed by atoms with Crippen LogP contribution in [0.1, 0.15) is 19.8 Å². The van der Waals surface area contributed by atoms with Crippen LogP contribution in [0, 0.1) is 5.92 Å². The average molecular weight is 155 g/mol. The smallest absolute Gasteiger partial charge is 0.223 e. The lowest BCUT2D eigenvalue weighted by Gasteiger charge is -2.26. The highest BCUT2D eigenvalue weighted by Crippen LogP contribution is 2.17. The Labute approximate surface area is 66.4 Å². The van der Waals surface area contributed by atoms with Crippen molar-refractivity contribution in [2.24, 2.45) is 5.92 Å². The third kappa shape index (κ3) is 1.79. The van der Waals surface area contributed by atoms with Crippen molar-refractivity contribution >= 4 is 11.7 Å². The van der Waals surface area contributed by atoms with E-state index in [4.69, 9.17) is 0 Å². The molecule has 0 aliphatic carbocycles. The Morgan fingerprint density at radius 2 is 2.27 bits per heavy atom. The molecule has 1 rings (SSSR count). The van der Waals surface area contributed by atoms with Crippen LogP contribution in [0.5, 0.6) is 0 Å². The summed E-state index contributed by atoms with van der Waals surface area (Å²) < 4.78 is 0. The molecule has 0 radical (unpaired) electrons. The molecule has 0 N–H and O–H groups in total. The average Bonchev–Trinajstić information content (AvgIpc) is 1.94. The predicted molar refractivity (Wildman–Crippen MR) is 41.0 cm³/mol. The summed E-state index contributed by atoms with van der Waals surface area (Å²) in [6, 6.07) is 0. The molecule has 11 heavy (non-hydrogen) atoms. The van der Waals surface area contributed by atoms with Crippen LogP contribution < -0.4 is 0 Å². The van der Waals surface area contributed by atoms with E-state index in [-0.39, 0.29) is 17.6 Å². The summed E-state index contributed by atoms with van der Waals surface area (Å²) in [6.07, 6.45) is 1.24. The molecule has 0 aromatic carbocycles. The maximum absolute atomic E-state index is 11.1. The molecule has 1 aliphatic rings. The fourth-order valence-electron chi connectivity index (χ4n) is 1.29. The van der Waals surface area contributed by atoms with E-state index < -0.39 is 0 Å². The van der Waals surface area contributed by atoms with Gasteiger partial charge >= 0.3 is 0 Å². The predicted octanol–water partition coefficient (Wildman–Crippen LogP) is 0.444. The zero-order valence-electron chi connectivity index (χ0n) is 6.96. The van der Waals surface area contributed by atoms with E-state index in [0.717, 1.165) is 13.0 Å². The summed E-state index contributed by atoms with van der Waals surface area (Å²) in [4.78, 5) is 23.6. The van der Waals surface area contributed by atoms with Crippen molar-refractivity contribution in [2.75, 3.05) is 13.6 Å². The number of carbonyl (C=O) groups excluding carboxylic acids is 2. The number of nitrogens with zero attached hydrogens (tertiary/aromatic N) is 1. The molecule has 0 bridgehead atoms. The first kappa shape index (κ1) is 8.24. The topological polar surface area (TPSA) is 37.4 Å². The highest BCUT2D eigenvalue weighted by atomic mass is 16.2. The highest BCUT2D eigenvalue weighted by molar-refractivity contribution is 5.86. The molecule has 0 aromatic rings. The number of rotatable bonds is 1. The molecule has 1 unspecified atom stereocenters. The van der Waals surface area contributed by atoms with Gasteiger partial charge in [0, 0.05) is 25.9 Å². The second-order valence-corrected chi connectivity index (χ2v) is 3.12. The Bertz CT molecular complexity index is 189. The van der Waals surface area contributed by atoms with Crippen LogP contribution in [-0.4, -0.2) is 30.2 Å². The lowest BCUT2D eigenvalue weighted by Crippen LogP contribution is -2.37. The Morgan fingerprint density at radius 1 is 1.64 bits per heavy atom. The summed E-state index contributed by atoms with van der Waals surface area (Å²) in [5.74, 6) is 0.224. The first-order valence-electron chi connectivity index (χ1n) is 3.85. The molecule has 0 spiro atoms. The maximum atomic E-state index is 11.1. The van der Waals surface area contributed by atoms with Gasteiger partial charge in [0.25, 0.3) is 0 Å². The molecule has 1 heterocycles. The van der Waals surface area contributed by atoms with E-state index in [1.165, 1.54) is 0 Å². The van der Waals surface area contributed by atoms with Gasteiger partial charge in [0.15, 0.2) is 0 Å². The van der Waals surface area contributed by atoms with Crippen molar-refractivity contribution in [2.45, 2.75) is 19.8 Å². The first-order valence-corrected chi connectivity index (χ1v) is 3.85.